The molecule has 3 aromatic rings. The van der Waals surface area contributed by atoms with Gasteiger partial charge in [0, 0.05) is 30.2 Å². The second-order valence-electron chi connectivity index (χ2n) is 7.67. The van der Waals surface area contributed by atoms with Crippen molar-refractivity contribution in [3.63, 3.8) is 0 Å². The van der Waals surface area contributed by atoms with E-state index in [4.69, 9.17) is 4.78 Å². The van der Waals surface area contributed by atoms with Gasteiger partial charge in [0.2, 0.25) is 0 Å². The molecule has 0 saturated heterocycles. The second-order valence-corrected chi connectivity index (χ2v) is 9.40. The predicted octanol–water partition coefficient (Wildman–Crippen LogP) is 4.30. The number of pyridine rings is 1. The van der Waals surface area contributed by atoms with Crippen LogP contribution in [0.15, 0.2) is 47.9 Å². The largest absolute Gasteiger partial charge is 0.332 e. The van der Waals surface area contributed by atoms with Crippen LogP contribution in [0.5, 0.6) is 0 Å². The van der Waals surface area contributed by atoms with Crippen LogP contribution >= 0.6 is 0 Å². The molecular weight excluding hydrogens is 419 g/mol. The fourth-order valence-corrected chi connectivity index (χ4v) is 4.60. The van der Waals surface area contributed by atoms with Gasteiger partial charge in [0.05, 0.1) is 5.69 Å². The summed E-state index contributed by atoms with van der Waals surface area (Å²) in [5.74, 6) is -0.311. The fraction of sp³-hybridized carbons (Fsp3) is 0.286. The Morgan fingerprint density at radius 2 is 1.94 bits per heavy atom. The first kappa shape index (κ1) is 21.0. The van der Waals surface area contributed by atoms with Crippen molar-refractivity contribution in [1.82, 2.24) is 19.5 Å². The third-order valence-electron chi connectivity index (χ3n) is 5.22. The van der Waals surface area contributed by atoms with Crippen molar-refractivity contribution in [1.29, 1.82) is 4.78 Å². The van der Waals surface area contributed by atoms with Crippen molar-refractivity contribution in [2.45, 2.75) is 44.2 Å². The molecule has 0 spiro atoms. The minimum Gasteiger partial charge on any atom is -0.306 e. The minimum atomic E-state index is -3.67. The highest BCUT2D eigenvalue weighted by Gasteiger charge is 2.25. The Morgan fingerprint density at radius 1 is 1.23 bits per heavy atom. The molecule has 2 heterocycles. The zero-order valence-electron chi connectivity index (χ0n) is 17.2. The lowest BCUT2D eigenvalue weighted by atomic mass is 9.97. The highest BCUT2D eigenvalue weighted by molar-refractivity contribution is 7.91. The lowest BCUT2D eigenvalue weighted by Crippen LogP contribution is -2.34. The van der Waals surface area contributed by atoms with E-state index in [9.17, 15) is 13.4 Å². The van der Waals surface area contributed by atoms with Crippen LogP contribution in [0.3, 0.4) is 0 Å². The van der Waals surface area contributed by atoms with Crippen molar-refractivity contribution in [3.05, 3.63) is 59.8 Å². The SMILES string of the molecule is CC(C)n1ccc(S(=N)(=O)NC(=O)Nc2c(-c3ccncc3)cc(F)c3c2CCC3)n1. The summed E-state index contributed by atoms with van der Waals surface area (Å²) >= 11 is 0. The first-order valence-corrected chi connectivity index (χ1v) is 11.5. The number of nitrogens with zero attached hydrogens (tertiary/aromatic N) is 3. The summed E-state index contributed by atoms with van der Waals surface area (Å²) < 4.78 is 39.4. The van der Waals surface area contributed by atoms with Crippen LogP contribution in [-0.2, 0) is 22.8 Å². The molecule has 1 unspecified atom stereocenters. The molecule has 0 bridgehead atoms. The summed E-state index contributed by atoms with van der Waals surface area (Å²) in [5.41, 5.74) is 2.97. The van der Waals surface area contributed by atoms with Crippen LogP contribution in [0.2, 0.25) is 0 Å². The number of aromatic nitrogens is 3. The number of nitrogens with one attached hydrogen (secondary N) is 3. The summed E-state index contributed by atoms with van der Waals surface area (Å²) in [7, 11) is -3.67. The van der Waals surface area contributed by atoms with E-state index in [0.717, 1.165) is 12.0 Å². The quantitative estimate of drug-likeness (QED) is 0.547. The molecule has 4 rings (SSSR count). The van der Waals surface area contributed by atoms with Gasteiger partial charge >= 0.3 is 6.03 Å². The van der Waals surface area contributed by atoms with Crippen molar-refractivity contribution < 1.29 is 13.4 Å². The molecular formula is C21H23FN6O2S. The monoisotopic (exact) mass is 442 g/mol. The van der Waals surface area contributed by atoms with Crippen LogP contribution in [0.1, 0.15) is 37.4 Å². The number of urea groups is 1. The third kappa shape index (κ3) is 4.15. The maximum Gasteiger partial charge on any atom is 0.332 e. The van der Waals surface area contributed by atoms with Gasteiger partial charge in [-0.2, -0.15) is 5.10 Å². The standard InChI is InChI=1S/C21H23FN6O2S/c1-13(2)28-11-8-19(26-28)31(23,30)27-21(29)25-20-16-5-3-4-15(16)18(22)12-17(20)14-6-9-24-10-7-14/h6-13H,3-5H2,1-2H3,(H3,23,25,27,29,30). The molecule has 0 aliphatic heterocycles. The number of rotatable bonds is 5. The van der Waals surface area contributed by atoms with Crippen LogP contribution in [0.25, 0.3) is 11.1 Å². The highest BCUT2D eigenvalue weighted by Crippen LogP contribution is 2.39. The van der Waals surface area contributed by atoms with Gasteiger partial charge in [0.1, 0.15) is 5.82 Å². The maximum absolute atomic E-state index is 14.7. The van der Waals surface area contributed by atoms with Crippen molar-refractivity contribution in [3.8, 4) is 11.1 Å². The summed E-state index contributed by atoms with van der Waals surface area (Å²) in [4.78, 5) is 16.7. The van der Waals surface area contributed by atoms with Gasteiger partial charge in [-0.1, -0.05) is 0 Å². The molecule has 8 nitrogen and oxygen atoms in total. The Labute approximate surface area is 180 Å². The Balaban J connectivity index is 1.66. The van der Waals surface area contributed by atoms with Gasteiger partial charge in [-0.15, -0.1) is 0 Å². The van der Waals surface area contributed by atoms with Crippen molar-refractivity contribution in [2.75, 3.05) is 5.32 Å². The molecule has 1 aliphatic carbocycles. The maximum atomic E-state index is 14.7. The highest BCUT2D eigenvalue weighted by atomic mass is 32.2. The first-order chi connectivity index (χ1) is 14.8. The van der Waals surface area contributed by atoms with Crippen molar-refractivity contribution in [2.24, 2.45) is 0 Å². The zero-order valence-corrected chi connectivity index (χ0v) is 18.0. The van der Waals surface area contributed by atoms with E-state index in [1.165, 1.54) is 12.1 Å². The van der Waals surface area contributed by atoms with E-state index >= 15 is 0 Å². The molecule has 0 saturated carbocycles. The van der Waals surface area contributed by atoms with Crippen LogP contribution in [0.4, 0.5) is 14.9 Å². The molecule has 10 heteroatoms. The molecule has 162 valence electrons. The zero-order chi connectivity index (χ0) is 22.2. The summed E-state index contributed by atoms with van der Waals surface area (Å²) in [6, 6.07) is 5.53. The molecule has 31 heavy (non-hydrogen) atoms. The number of halogens is 1. The Bertz CT molecular complexity index is 1240. The number of anilines is 1. The van der Waals surface area contributed by atoms with E-state index < -0.39 is 15.9 Å². The van der Waals surface area contributed by atoms with Gasteiger partial charge in [-0.3, -0.25) is 9.67 Å². The molecule has 1 aliphatic rings. The van der Waals surface area contributed by atoms with Gasteiger partial charge < -0.3 is 5.32 Å². The fourth-order valence-electron chi connectivity index (χ4n) is 3.72. The smallest absolute Gasteiger partial charge is 0.306 e. The summed E-state index contributed by atoms with van der Waals surface area (Å²) in [5, 5.41) is 6.82. The van der Waals surface area contributed by atoms with Crippen LogP contribution in [-0.4, -0.2) is 25.0 Å². The van der Waals surface area contributed by atoms with Crippen LogP contribution < -0.4 is 10.0 Å². The van der Waals surface area contributed by atoms with E-state index in [1.54, 1.807) is 35.4 Å². The van der Waals surface area contributed by atoms with Gasteiger partial charge in [0.25, 0.3) is 0 Å². The van der Waals surface area contributed by atoms with E-state index in [0.29, 0.717) is 35.2 Å². The first-order valence-electron chi connectivity index (χ1n) is 9.93. The van der Waals surface area contributed by atoms with E-state index in [2.05, 4.69) is 20.1 Å². The number of hydrogen-bond donors (Lipinski definition) is 3. The van der Waals surface area contributed by atoms with E-state index in [-0.39, 0.29) is 16.9 Å². The Kier molecular flexibility index (Phi) is 5.48. The summed E-state index contributed by atoms with van der Waals surface area (Å²) in [6.07, 6.45) is 6.79. The molecule has 1 atom stereocenters. The topological polar surface area (TPSA) is 113 Å². The Morgan fingerprint density at radius 3 is 2.61 bits per heavy atom. The molecule has 2 aromatic heterocycles. The van der Waals surface area contributed by atoms with E-state index in [1.807, 2.05) is 13.8 Å². The van der Waals surface area contributed by atoms with Crippen molar-refractivity contribution >= 4 is 21.6 Å². The molecule has 0 fully saturated rings. The average molecular weight is 443 g/mol. The van der Waals surface area contributed by atoms with Gasteiger partial charge in [0.15, 0.2) is 14.9 Å². The predicted molar refractivity (Wildman–Crippen MR) is 116 cm³/mol. The summed E-state index contributed by atoms with van der Waals surface area (Å²) in [6.45, 7) is 3.80. The number of benzene rings is 1. The molecule has 3 N–H and O–H groups in total. The number of carbonyl (C=O) groups is 1. The second kappa shape index (κ2) is 8.10. The lowest BCUT2D eigenvalue weighted by molar-refractivity contribution is 0.256. The van der Waals surface area contributed by atoms with Gasteiger partial charge in [-0.05, 0) is 74.1 Å². The third-order valence-corrected chi connectivity index (χ3v) is 6.50. The number of carbonyl (C=O) groups excluding carboxylic acids is 1. The molecule has 0 radical (unpaired) electrons. The number of hydrogen-bond acceptors (Lipinski definition) is 5. The normalized spacial score (nSPS) is 14.8. The Hall–Kier alpha value is -3.27. The average Bonchev–Trinajstić information content (AvgIpc) is 3.41. The molecule has 1 aromatic carbocycles. The number of amides is 2. The minimum absolute atomic E-state index is 0.0301. The van der Waals surface area contributed by atoms with Crippen LogP contribution in [0, 0.1) is 10.6 Å². The molecule has 2 amide bonds. The van der Waals surface area contributed by atoms with Gasteiger partial charge in [-0.25, -0.2) is 22.9 Å². The lowest BCUT2D eigenvalue weighted by Gasteiger charge is -2.17. The number of fused-ring (bicyclic) bond motifs is 1.